The van der Waals surface area contributed by atoms with Crippen LogP contribution in [-0.4, -0.2) is 41.0 Å². The van der Waals surface area contributed by atoms with Gasteiger partial charge < -0.3 is 24.6 Å². The van der Waals surface area contributed by atoms with Gasteiger partial charge in [-0.05, 0) is 49.2 Å². The average Bonchev–Trinajstić information content (AvgIpc) is 2.84. The van der Waals surface area contributed by atoms with Gasteiger partial charge in [0.25, 0.3) is 5.56 Å². The molecule has 1 aliphatic rings. The normalized spacial score (nSPS) is 14.9. The van der Waals surface area contributed by atoms with Gasteiger partial charge in [0, 0.05) is 31.1 Å². The molecule has 1 aliphatic heterocycles. The van der Waals surface area contributed by atoms with E-state index in [0.29, 0.717) is 35.6 Å². The first kappa shape index (κ1) is 22.6. The van der Waals surface area contributed by atoms with Crippen molar-refractivity contribution in [2.45, 2.75) is 20.3 Å². The molecule has 2 aromatic heterocycles. The Labute approximate surface area is 193 Å². The zero-order valence-electron chi connectivity index (χ0n) is 19.3. The predicted octanol–water partition coefficient (Wildman–Crippen LogP) is 4.59. The van der Waals surface area contributed by atoms with Gasteiger partial charge in [-0.1, -0.05) is 25.2 Å². The molecule has 33 heavy (non-hydrogen) atoms. The number of aromatic nitrogens is 2. The Hall–Kier alpha value is -3.58. The fourth-order valence-electron chi connectivity index (χ4n) is 4.12. The highest BCUT2D eigenvalue weighted by Crippen LogP contribution is 2.34. The number of ether oxygens (including phenoxy) is 1. The number of hydrogen-bond acceptors (Lipinski definition) is 6. The van der Waals surface area contributed by atoms with E-state index in [4.69, 9.17) is 4.74 Å². The highest BCUT2D eigenvalue weighted by atomic mass is 16.5. The first-order valence-electron chi connectivity index (χ1n) is 11.3. The SMILES string of the molecule is C/C=C\C(=C\CC)c1ccc2c(cc(Nc3ccc(N4CCOCC4)cn3)c(=O)n2C)c1O. The summed E-state index contributed by atoms with van der Waals surface area (Å²) in [5.74, 6) is 0.721. The largest absolute Gasteiger partial charge is 0.507 e. The summed E-state index contributed by atoms with van der Waals surface area (Å²) in [5, 5.41) is 14.8. The number of anilines is 3. The maximum absolute atomic E-state index is 13.0. The third kappa shape index (κ3) is 4.64. The predicted molar refractivity (Wildman–Crippen MR) is 134 cm³/mol. The lowest BCUT2D eigenvalue weighted by atomic mass is 10.00. The minimum Gasteiger partial charge on any atom is -0.507 e. The van der Waals surface area contributed by atoms with Crippen molar-refractivity contribution in [3.05, 3.63) is 70.7 Å². The summed E-state index contributed by atoms with van der Waals surface area (Å²) in [5.41, 5.74) is 3.54. The molecule has 1 saturated heterocycles. The summed E-state index contributed by atoms with van der Waals surface area (Å²) >= 11 is 0. The molecule has 7 nitrogen and oxygen atoms in total. The van der Waals surface area contributed by atoms with Crippen LogP contribution in [0.2, 0.25) is 0 Å². The molecule has 0 aliphatic carbocycles. The van der Waals surface area contributed by atoms with Crippen molar-refractivity contribution >= 4 is 33.7 Å². The van der Waals surface area contributed by atoms with E-state index in [2.05, 4.69) is 28.2 Å². The third-order valence-corrected chi connectivity index (χ3v) is 5.85. The number of rotatable bonds is 6. The van der Waals surface area contributed by atoms with Gasteiger partial charge >= 0.3 is 0 Å². The molecular weight excluding hydrogens is 416 g/mol. The monoisotopic (exact) mass is 446 g/mol. The van der Waals surface area contributed by atoms with E-state index in [1.807, 2.05) is 43.3 Å². The zero-order valence-corrected chi connectivity index (χ0v) is 19.3. The summed E-state index contributed by atoms with van der Waals surface area (Å²) in [6.45, 7) is 7.10. The van der Waals surface area contributed by atoms with Gasteiger partial charge in [0.1, 0.15) is 17.3 Å². The van der Waals surface area contributed by atoms with E-state index in [-0.39, 0.29) is 11.3 Å². The minimum absolute atomic E-state index is 0.152. The van der Waals surface area contributed by atoms with Gasteiger partial charge in [-0.15, -0.1) is 0 Å². The van der Waals surface area contributed by atoms with Crippen LogP contribution in [0, 0.1) is 0 Å². The van der Waals surface area contributed by atoms with Gasteiger partial charge in [-0.25, -0.2) is 4.98 Å². The molecule has 0 amide bonds. The molecule has 0 saturated carbocycles. The van der Waals surface area contributed by atoms with Crippen LogP contribution in [-0.2, 0) is 11.8 Å². The van der Waals surface area contributed by atoms with Crippen LogP contribution in [0.5, 0.6) is 5.75 Å². The number of nitrogens with zero attached hydrogens (tertiary/aromatic N) is 3. The lowest BCUT2D eigenvalue weighted by Gasteiger charge is -2.28. The number of aromatic hydroxyl groups is 1. The summed E-state index contributed by atoms with van der Waals surface area (Å²) in [6.07, 6.45) is 8.65. The van der Waals surface area contributed by atoms with E-state index in [0.717, 1.165) is 36.3 Å². The first-order valence-corrected chi connectivity index (χ1v) is 11.3. The second-order valence-corrected chi connectivity index (χ2v) is 8.01. The van der Waals surface area contributed by atoms with Crippen molar-refractivity contribution in [1.82, 2.24) is 9.55 Å². The fourth-order valence-corrected chi connectivity index (χ4v) is 4.12. The molecule has 2 N–H and O–H groups in total. The molecule has 0 bridgehead atoms. The number of nitrogens with one attached hydrogen (secondary N) is 1. The smallest absolute Gasteiger partial charge is 0.274 e. The number of benzene rings is 1. The fraction of sp³-hybridized carbons (Fsp3) is 0.308. The molecule has 172 valence electrons. The molecular formula is C26H30N4O3. The summed E-state index contributed by atoms with van der Waals surface area (Å²) in [4.78, 5) is 19.7. The van der Waals surface area contributed by atoms with Crippen molar-refractivity contribution in [2.75, 3.05) is 36.5 Å². The number of fused-ring (bicyclic) bond motifs is 1. The highest BCUT2D eigenvalue weighted by Gasteiger charge is 2.15. The molecule has 4 rings (SSSR count). The standard InChI is InChI=1S/C26H30N4O3/c1-4-6-18(7-5-2)20-9-10-23-21(25(20)31)16-22(26(32)29(23)3)28-24-11-8-19(17-27-24)30-12-14-33-15-13-30/h4,6-11,16-17,31H,5,12-15H2,1-3H3,(H,27,28)/b6-4-,18-7-. The number of hydrogen-bond donors (Lipinski definition) is 2. The van der Waals surface area contributed by atoms with Crippen LogP contribution in [0.15, 0.2) is 59.6 Å². The molecule has 0 atom stereocenters. The van der Waals surface area contributed by atoms with Gasteiger partial charge in [0.2, 0.25) is 0 Å². The Kier molecular flexibility index (Phi) is 6.79. The molecule has 3 heterocycles. The Balaban J connectivity index is 1.70. The second kappa shape index (κ2) is 9.92. The number of morpholine rings is 1. The van der Waals surface area contributed by atoms with Gasteiger partial charge in [-0.2, -0.15) is 0 Å². The van der Waals surface area contributed by atoms with Crippen molar-refractivity contribution in [3.8, 4) is 5.75 Å². The third-order valence-electron chi connectivity index (χ3n) is 5.85. The average molecular weight is 447 g/mol. The van der Waals surface area contributed by atoms with Gasteiger partial charge in [0.05, 0.1) is 30.6 Å². The van der Waals surface area contributed by atoms with E-state index >= 15 is 0 Å². The van der Waals surface area contributed by atoms with E-state index in [1.54, 1.807) is 23.9 Å². The molecule has 0 radical (unpaired) electrons. The summed E-state index contributed by atoms with van der Waals surface area (Å²) in [6, 6.07) is 9.28. The highest BCUT2D eigenvalue weighted by molar-refractivity contribution is 5.94. The van der Waals surface area contributed by atoms with E-state index < -0.39 is 0 Å². The van der Waals surface area contributed by atoms with Crippen LogP contribution < -0.4 is 15.8 Å². The van der Waals surface area contributed by atoms with Crippen molar-refractivity contribution in [1.29, 1.82) is 0 Å². The van der Waals surface area contributed by atoms with Crippen LogP contribution in [0.3, 0.4) is 0 Å². The maximum atomic E-state index is 13.0. The molecule has 0 unspecified atom stereocenters. The Morgan fingerprint density at radius 1 is 1.24 bits per heavy atom. The van der Waals surface area contributed by atoms with Gasteiger partial charge in [0.15, 0.2) is 0 Å². The molecule has 7 heteroatoms. The Morgan fingerprint density at radius 2 is 2.03 bits per heavy atom. The van der Waals surface area contributed by atoms with Crippen molar-refractivity contribution in [2.24, 2.45) is 7.05 Å². The molecule has 0 spiro atoms. The van der Waals surface area contributed by atoms with Crippen LogP contribution in [0.4, 0.5) is 17.2 Å². The van der Waals surface area contributed by atoms with Crippen LogP contribution in [0.25, 0.3) is 16.5 Å². The Morgan fingerprint density at radius 3 is 2.70 bits per heavy atom. The number of aryl methyl sites for hydroxylation is 1. The molecule has 1 fully saturated rings. The quantitative estimate of drug-likeness (QED) is 0.539. The summed E-state index contributed by atoms with van der Waals surface area (Å²) in [7, 11) is 1.71. The molecule has 1 aromatic carbocycles. The van der Waals surface area contributed by atoms with Gasteiger partial charge in [-0.3, -0.25) is 4.79 Å². The van der Waals surface area contributed by atoms with Crippen LogP contribution >= 0.6 is 0 Å². The number of phenolic OH excluding ortho intramolecular Hbond substituents is 1. The van der Waals surface area contributed by atoms with Crippen molar-refractivity contribution in [3.63, 3.8) is 0 Å². The van der Waals surface area contributed by atoms with E-state index in [9.17, 15) is 9.90 Å². The molecule has 3 aromatic rings. The first-order chi connectivity index (χ1) is 16.0. The number of phenols is 1. The van der Waals surface area contributed by atoms with Crippen LogP contribution in [0.1, 0.15) is 25.8 Å². The number of allylic oxidation sites excluding steroid dienone is 4. The minimum atomic E-state index is -0.188. The maximum Gasteiger partial charge on any atom is 0.274 e. The number of pyridine rings is 2. The second-order valence-electron chi connectivity index (χ2n) is 8.01. The zero-order chi connectivity index (χ0) is 23.4. The lowest BCUT2D eigenvalue weighted by Crippen LogP contribution is -2.36. The van der Waals surface area contributed by atoms with E-state index in [1.165, 1.54) is 0 Å². The van der Waals surface area contributed by atoms with Crippen molar-refractivity contribution < 1.29 is 9.84 Å². The topological polar surface area (TPSA) is 79.6 Å². The Bertz CT molecular complexity index is 1250. The lowest BCUT2D eigenvalue weighted by molar-refractivity contribution is 0.122. The summed E-state index contributed by atoms with van der Waals surface area (Å²) < 4.78 is 6.95.